The molecule has 5 heteroatoms. The third kappa shape index (κ3) is 2.70. The smallest absolute Gasteiger partial charge is 0.308 e. The Morgan fingerprint density at radius 2 is 2.07 bits per heavy atom. The van der Waals surface area contributed by atoms with Crippen molar-refractivity contribution in [3.05, 3.63) is 0 Å². The number of carboxylic acids is 1. The van der Waals surface area contributed by atoms with Crippen LogP contribution in [-0.2, 0) is 9.59 Å². The van der Waals surface area contributed by atoms with Gasteiger partial charge in [-0.1, -0.05) is 0 Å². The van der Waals surface area contributed by atoms with Crippen LogP contribution in [0.2, 0.25) is 0 Å². The molecule has 14 heavy (non-hydrogen) atoms. The summed E-state index contributed by atoms with van der Waals surface area (Å²) in [5.74, 6) is -1.51. The minimum absolute atomic E-state index is 0.0339. The summed E-state index contributed by atoms with van der Waals surface area (Å²) in [6.07, 6.45) is 1.86. The molecule has 0 saturated heterocycles. The van der Waals surface area contributed by atoms with Crippen LogP contribution in [0.25, 0.3) is 0 Å². The predicted octanol–water partition coefficient (Wildman–Crippen LogP) is -0.297. The van der Waals surface area contributed by atoms with Gasteiger partial charge in [0.15, 0.2) is 0 Å². The number of hydrogen-bond acceptors (Lipinski definition) is 3. The molecule has 0 radical (unpaired) electrons. The van der Waals surface area contributed by atoms with Gasteiger partial charge in [0.2, 0.25) is 5.91 Å². The molecule has 3 unspecified atom stereocenters. The fourth-order valence-electron chi connectivity index (χ4n) is 1.90. The highest BCUT2D eigenvalue weighted by atomic mass is 16.4. The lowest BCUT2D eigenvalue weighted by molar-refractivity contribution is -0.144. The molecule has 0 aromatic carbocycles. The molecular weight excluding hydrogens is 184 g/mol. The summed E-state index contributed by atoms with van der Waals surface area (Å²) in [6, 6.07) is -0.314. The molecule has 0 aliphatic heterocycles. The molecule has 0 aromatic heterocycles. The first-order valence-electron chi connectivity index (χ1n) is 4.76. The number of carboxylic acid groups (broad SMARTS) is 1. The van der Waals surface area contributed by atoms with E-state index < -0.39 is 11.9 Å². The van der Waals surface area contributed by atoms with Crippen LogP contribution in [0.5, 0.6) is 0 Å². The second kappa shape index (κ2) is 4.41. The van der Waals surface area contributed by atoms with Crippen molar-refractivity contribution >= 4 is 11.9 Å². The fourth-order valence-corrected chi connectivity index (χ4v) is 1.90. The van der Waals surface area contributed by atoms with Crippen LogP contribution < -0.4 is 11.1 Å². The van der Waals surface area contributed by atoms with Crippen molar-refractivity contribution in [1.29, 1.82) is 0 Å². The van der Waals surface area contributed by atoms with Crippen molar-refractivity contribution in [2.45, 2.75) is 38.3 Å². The maximum Gasteiger partial charge on any atom is 0.308 e. The summed E-state index contributed by atoms with van der Waals surface area (Å²) in [7, 11) is 0. The third-order valence-corrected chi connectivity index (χ3v) is 2.63. The average Bonchev–Trinajstić information content (AvgIpc) is 2.07. The van der Waals surface area contributed by atoms with Gasteiger partial charge in [-0.05, 0) is 19.3 Å². The van der Waals surface area contributed by atoms with Crippen LogP contribution in [0, 0.1) is 5.92 Å². The van der Waals surface area contributed by atoms with E-state index in [-0.39, 0.29) is 18.0 Å². The van der Waals surface area contributed by atoms with Gasteiger partial charge in [0, 0.05) is 19.0 Å². The minimum Gasteiger partial charge on any atom is -0.481 e. The van der Waals surface area contributed by atoms with E-state index in [1.54, 1.807) is 0 Å². The van der Waals surface area contributed by atoms with Crippen molar-refractivity contribution in [3.8, 4) is 0 Å². The Labute approximate surface area is 82.7 Å². The van der Waals surface area contributed by atoms with Gasteiger partial charge in [0.1, 0.15) is 0 Å². The topological polar surface area (TPSA) is 92.4 Å². The monoisotopic (exact) mass is 200 g/mol. The van der Waals surface area contributed by atoms with Crippen LogP contribution in [0.15, 0.2) is 0 Å². The molecule has 80 valence electrons. The number of nitrogens with one attached hydrogen (secondary N) is 1. The van der Waals surface area contributed by atoms with Gasteiger partial charge in [-0.2, -0.15) is 0 Å². The summed E-state index contributed by atoms with van der Waals surface area (Å²) in [5.41, 5.74) is 5.68. The predicted molar refractivity (Wildman–Crippen MR) is 50.6 cm³/mol. The molecule has 1 rings (SSSR count). The van der Waals surface area contributed by atoms with E-state index in [1.165, 1.54) is 6.92 Å². The molecule has 1 fully saturated rings. The van der Waals surface area contributed by atoms with Crippen molar-refractivity contribution in [2.75, 3.05) is 0 Å². The normalized spacial score (nSPS) is 32.3. The zero-order valence-corrected chi connectivity index (χ0v) is 8.19. The number of rotatable bonds is 2. The lowest BCUT2D eigenvalue weighted by atomic mass is 9.82. The maximum absolute atomic E-state index is 10.8. The van der Waals surface area contributed by atoms with Crippen molar-refractivity contribution in [2.24, 2.45) is 11.7 Å². The highest BCUT2D eigenvalue weighted by Gasteiger charge is 2.33. The quantitative estimate of drug-likeness (QED) is 0.570. The Bertz CT molecular complexity index is 242. The number of amides is 1. The van der Waals surface area contributed by atoms with E-state index in [0.29, 0.717) is 12.8 Å². The number of aliphatic carboxylic acids is 1. The van der Waals surface area contributed by atoms with E-state index in [1.807, 2.05) is 0 Å². The molecule has 0 bridgehead atoms. The van der Waals surface area contributed by atoms with Gasteiger partial charge in [0.25, 0.3) is 0 Å². The summed E-state index contributed by atoms with van der Waals surface area (Å²) < 4.78 is 0. The first-order chi connectivity index (χ1) is 6.50. The van der Waals surface area contributed by atoms with Gasteiger partial charge in [-0.15, -0.1) is 0 Å². The van der Waals surface area contributed by atoms with Crippen LogP contribution >= 0.6 is 0 Å². The standard InChI is InChI=1S/C9H16N2O3/c1-5(12)11-6-2-3-8(10)7(4-6)9(13)14/h6-8H,2-4,10H2,1H3,(H,11,12)(H,13,14). The van der Waals surface area contributed by atoms with Crippen molar-refractivity contribution < 1.29 is 14.7 Å². The fraction of sp³-hybridized carbons (Fsp3) is 0.778. The van der Waals surface area contributed by atoms with Gasteiger partial charge >= 0.3 is 5.97 Å². The van der Waals surface area contributed by atoms with E-state index in [9.17, 15) is 9.59 Å². The number of nitrogens with two attached hydrogens (primary N) is 1. The van der Waals surface area contributed by atoms with E-state index in [4.69, 9.17) is 10.8 Å². The second-order valence-corrected chi connectivity index (χ2v) is 3.82. The minimum atomic E-state index is -0.868. The largest absolute Gasteiger partial charge is 0.481 e. The Kier molecular flexibility index (Phi) is 3.46. The number of carbonyl (C=O) groups is 2. The number of hydrogen-bond donors (Lipinski definition) is 3. The molecule has 1 amide bonds. The van der Waals surface area contributed by atoms with Crippen LogP contribution in [0.4, 0.5) is 0 Å². The van der Waals surface area contributed by atoms with Gasteiger partial charge in [-0.25, -0.2) is 0 Å². The number of carbonyl (C=O) groups excluding carboxylic acids is 1. The van der Waals surface area contributed by atoms with E-state index in [0.717, 1.165) is 6.42 Å². The van der Waals surface area contributed by atoms with Crippen molar-refractivity contribution in [1.82, 2.24) is 5.32 Å². The van der Waals surface area contributed by atoms with Crippen LogP contribution in [0.3, 0.4) is 0 Å². The first-order valence-corrected chi connectivity index (χ1v) is 4.76. The van der Waals surface area contributed by atoms with Gasteiger partial charge < -0.3 is 16.2 Å². The zero-order chi connectivity index (χ0) is 10.7. The molecule has 1 aliphatic rings. The molecule has 0 aromatic rings. The van der Waals surface area contributed by atoms with Gasteiger partial charge in [0.05, 0.1) is 5.92 Å². The lowest BCUT2D eigenvalue weighted by Gasteiger charge is -2.31. The summed E-state index contributed by atoms with van der Waals surface area (Å²) in [6.45, 7) is 1.43. The molecule has 3 atom stereocenters. The van der Waals surface area contributed by atoms with E-state index in [2.05, 4.69) is 5.32 Å². The molecular formula is C9H16N2O3. The Morgan fingerprint density at radius 3 is 2.57 bits per heavy atom. The summed E-state index contributed by atoms with van der Waals surface area (Å²) in [4.78, 5) is 21.6. The SMILES string of the molecule is CC(=O)NC1CCC(N)C(C(=O)O)C1. The molecule has 4 N–H and O–H groups in total. The summed E-state index contributed by atoms with van der Waals surface area (Å²) >= 11 is 0. The van der Waals surface area contributed by atoms with Crippen LogP contribution in [-0.4, -0.2) is 29.1 Å². The molecule has 1 aliphatic carbocycles. The lowest BCUT2D eigenvalue weighted by Crippen LogP contribution is -2.47. The van der Waals surface area contributed by atoms with Gasteiger partial charge in [-0.3, -0.25) is 9.59 Å². The average molecular weight is 200 g/mol. The zero-order valence-electron chi connectivity index (χ0n) is 8.19. The Morgan fingerprint density at radius 1 is 1.43 bits per heavy atom. The Balaban J connectivity index is 2.53. The second-order valence-electron chi connectivity index (χ2n) is 3.82. The maximum atomic E-state index is 10.8. The first kappa shape index (κ1) is 11.0. The van der Waals surface area contributed by atoms with E-state index >= 15 is 0 Å². The van der Waals surface area contributed by atoms with Crippen molar-refractivity contribution in [3.63, 3.8) is 0 Å². The van der Waals surface area contributed by atoms with Crippen LogP contribution in [0.1, 0.15) is 26.2 Å². The molecule has 5 nitrogen and oxygen atoms in total. The Hall–Kier alpha value is -1.10. The molecule has 0 spiro atoms. The highest BCUT2D eigenvalue weighted by Crippen LogP contribution is 2.23. The molecule has 1 saturated carbocycles. The summed E-state index contributed by atoms with van der Waals surface area (Å²) in [5, 5.41) is 11.6. The molecule has 0 heterocycles. The highest BCUT2D eigenvalue weighted by molar-refractivity contribution is 5.74. The third-order valence-electron chi connectivity index (χ3n) is 2.63.